The number of methoxy groups -OCH3 is 2. The lowest BCUT2D eigenvalue weighted by Crippen LogP contribution is -2.60. The molecule has 0 aliphatic carbocycles. The fraction of sp³-hybridized carbons (Fsp3) is 0.455. The fourth-order valence-electron chi connectivity index (χ4n) is 3.28. The standard InChI is InChI=1S/C22H28O6/c1-24-15-18-19(23)20(26-13-16-9-5-3-6-10-16)21(22(25-2)28-18)27-14-17-11-7-4-8-12-17/h3-12,18-23H,13-15H2,1-2H3/t18?,19?,20-,21-,22+/m0/s1. The lowest BCUT2D eigenvalue weighted by atomic mass is 9.98. The van der Waals surface area contributed by atoms with Gasteiger partial charge in [-0.05, 0) is 11.1 Å². The molecule has 2 unspecified atom stereocenters. The maximum Gasteiger partial charge on any atom is 0.186 e. The zero-order valence-electron chi connectivity index (χ0n) is 16.3. The van der Waals surface area contributed by atoms with Crippen molar-refractivity contribution in [1.82, 2.24) is 0 Å². The van der Waals surface area contributed by atoms with Crippen LogP contribution in [-0.2, 0) is 36.9 Å². The third-order valence-corrected chi connectivity index (χ3v) is 4.75. The highest BCUT2D eigenvalue weighted by atomic mass is 16.7. The first-order chi connectivity index (χ1) is 13.7. The Labute approximate surface area is 165 Å². The number of aliphatic hydroxyl groups is 1. The van der Waals surface area contributed by atoms with Crippen molar-refractivity contribution in [2.45, 2.75) is 43.9 Å². The van der Waals surface area contributed by atoms with E-state index in [-0.39, 0.29) is 6.61 Å². The van der Waals surface area contributed by atoms with Crippen LogP contribution in [0.1, 0.15) is 11.1 Å². The number of hydrogen-bond donors (Lipinski definition) is 1. The van der Waals surface area contributed by atoms with Gasteiger partial charge in [0.25, 0.3) is 0 Å². The van der Waals surface area contributed by atoms with Gasteiger partial charge < -0.3 is 28.8 Å². The summed E-state index contributed by atoms with van der Waals surface area (Å²) in [5, 5.41) is 10.9. The van der Waals surface area contributed by atoms with Crippen molar-refractivity contribution < 1.29 is 28.8 Å². The molecule has 1 N–H and O–H groups in total. The van der Waals surface area contributed by atoms with Gasteiger partial charge in [-0.25, -0.2) is 0 Å². The molecule has 1 fully saturated rings. The molecule has 1 heterocycles. The van der Waals surface area contributed by atoms with Crippen molar-refractivity contribution in [3.8, 4) is 0 Å². The molecule has 0 saturated carbocycles. The molecule has 2 aromatic rings. The molecular formula is C22H28O6. The Morgan fingerprint density at radius 1 is 0.821 bits per heavy atom. The molecule has 5 atom stereocenters. The van der Waals surface area contributed by atoms with Gasteiger partial charge in [0.1, 0.15) is 24.4 Å². The van der Waals surface area contributed by atoms with Crippen LogP contribution in [0, 0.1) is 0 Å². The van der Waals surface area contributed by atoms with Crippen LogP contribution in [0.15, 0.2) is 60.7 Å². The Kier molecular flexibility index (Phi) is 7.97. The summed E-state index contributed by atoms with van der Waals surface area (Å²) in [5.41, 5.74) is 2.04. The Balaban J connectivity index is 1.74. The van der Waals surface area contributed by atoms with Crippen molar-refractivity contribution in [3.05, 3.63) is 71.8 Å². The largest absolute Gasteiger partial charge is 0.387 e. The fourth-order valence-corrected chi connectivity index (χ4v) is 3.28. The molecule has 0 spiro atoms. The molecule has 28 heavy (non-hydrogen) atoms. The second-order valence-corrected chi connectivity index (χ2v) is 6.75. The van der Waals surface area contributed by atoms with Crippen LogP contribution in [0.5, 0.6) is 0 Å². The zero-order valence-corrected chi connectivity index (χ0v) is 16.3. The third-order valence-electron chi connectivity index (χ3n) is 4.75. The van der Waals surface area contributed by atoms with Crippen molar-refractivity contribution in [3.63, 3.8) is 0 Å². The topological polar surface area (TPSA) is 66.4 Å². The molecule has 1 aliphatic heterocycles. The number of rotatable bonds is 9. The van der Waals surface area contributed by atoms with E-state index in [1.807, 2.05) is 60.7 Å². The molecule has 0 amide bonds. The maximum absolute atomic E-state index is 10.9. The summed E-state index contributed by atoms with van der Waals surface area (Å²) in [5.74, 6) is 0. The van der Waals surface area contributed by atoms with Crippen LogP contribution in [0.3, 0.4) is 0 Å². The van der Waals surface area contributed by atoms with E-state index in [4.69, 9.17) is 23.7 Å². The van der Waals surface area contributed by atoms with Gasteiger partial charge in [-0.3, -0.25) is 0 Å². The predicted octanol–water partition coefficient (Wildman–Crippen LogP) is 2.54. The smallest absolute Gasteiger partial charge is 0.186 e. The molecule has 2 aromatic carbocycles. The number of hydrogen-bond acceptors (Lipinski definition) is 6. The van der Waals surface area contributed by atoms with Crippen LogP contribution >= 0.6 is 0 Å². The van der Waals surface area contributed by atoms with Gasteiger partial charge in [-0.2, -0.15) is 0 Å². The van der Waals surface area contributed by atoms with E-state index >= 15 is 0 Å². The van der Waals surface area contributed by atoms with Gasteiger partial charge in [0.05, 0.1) is 19.8 Å². The highest BCUT2D eigenvalue weighted by Gasteiger charge is 2.47. The normalized spacial score (nSPS) is 27.6. The van der Waals surface area contributed by atoms with Gasteiger partial charge in [0, 0.05) is 14.2 Å². The van der Waals surface area contributed by atoms with E-state index in [2.05, 4.69) is 0 Å². The van der Waals surface area contributed by atoms with E-state index in [0.717, 1.165) is 11.1 Å². The first-order valence-corrected chi connectivity index (χ1v) is 9.39. The van der Waals surface area contributed by atoms with E-state index in [9.17, 15) is 5.11 Å². The van der Waals surface area contributed by atoms with Crippen molar-refractivity contribution in [2.75, 3.05) is 20.8 Å². The quantitative estimate of drug-likeness (QED) is 0.712. The summed E-state index contributed by atoms with van der Waals surface area (Å²) in [6, 6.07) is 19.6. The second-order valence-electron chi connectivity index (χ2n) is 6.75. The first-order valence-electron chi connectivity index (χ1n) is 9.39. The lowest BCUT2D eigenvalue weighted by Gasteiger charge is -2.43. The molecular weight excluding hydrogens is 360 g/mol. The maximum atomic E-state index is 10.9. The molecule has 0 bridgehead atoms. The van der Waals surface area contributed by atoms with Crippen LogP contribution in [0.25, 0.3) is 0 Å². The minimum Gasteiger partial charge on any atom is -0.387 e. The predicted molar refractivity (Wildman–Crippen MR) is 104 cm³/mol. The Morgan fingerprint density at radius 2 is 1.36 bits per heavy atom. The summed E-state index contributed by atoms with van der Waals surface area (Å²) >= 11 is 0. The SMILES string of the molecule is COCC1O[C@@H](OC)[C@@H](OCc2ccccc2)[C@@H](OCc2ccccc2)C1O. The van der Waals surface area contributed by atoms with Crippen molar-refractivity contribution >= 4 is 0 Å². The van der Waals surface area contributed by atoms with Gasteiger partial charge in [0.15, 0.2) is 6.29 Å². The van der Waals surface area contributed by atoms with E-state index in [1.165, 1.54) is 0 Å². The zero-order chi connectivity index (χ0) is 19.8. The Bertz CT molecular complexity index is 680. The average Bonchev–Trinajstić information content (AvgIpc) is 2.74. The number of aliphatic hydroxyl groups excluding tert-OH is 1. The van der Waals surface area contributed by atoms with Crippen LogP contribution in [0.2, 0.25) is 0 Å². The van der Waals surface area contributed by atoms with E-state index < -0.39 is 30.7 Å². The Hall–Kier alpha value is -1.80. The minimum atomic E-state index is -0.907. The van der Waals surface area contributed by atoms with Gasteiger partial charge >= 0.3 is 0 Å². The number of benzene rings is 2. The van der Waals surface area contributed by atoms with Crippen molar-refractivity contribution in [2.24, 2.45) is 0 Å². The van der Waals surface area contributed by atoms with E-state index in [0.29, 0.717) is 13.2 Å². The van der Waals surface area contributed by atoms with Crippen LogP contribution in [-0.4, -0.2) is 56.6 Å². The molecule has 6 nitrogen and oxygen atoms in total. The molecule has 1 saturated heterocycles. The molecule has 3 rings (SSSR count). The van der Waals surface area contributed by atoms with Crippen LogP contribution in [0.4, 0.5) is 0 Å². The Morgan fingerprint density at radius 3 is 1.86 bits per heavy atom. The molecule has 0 aromatic heterocycles. The van der Waals surface area contributed by atoms with E-state index in [1.54, 1.807) is 14.2 Å². The summed E-state index contributed by atoms with van der Waals surface area (Å²) in [7, 11) is 3.12. The molecule has 1 aliphatic rings. The monoisotopic (exact) mass is 388 g/mol. The minimum absolute atomic E-state index is 0.234. The second kappa shape index (κ2) is 10.7. The third kappa shape index (κ3) is 5.38. The van der Waals surface area contributed by atoms with Gasteiger partial charge in [-0.15, -0.1) is 0 Å². The molecule has 6 heteroatoms. The van der Waals surface area contributed by atoms with Gasteiger partial charge in [-0.1, -0.05) is 60.7 Å². The van der Waals surface area contributed by atoms with Gasteiger partial charge in [0.2, 0.25) is 0 Å². The summed E-state index contributed by atoms with van der Waals surface area (Å²) < 4.78 is 28.8. The first kappa shape index (κ1) is 20.9. The van der Waals surface area contributed by atoms with Crippen LogP contribution < -0.4 is 0 Å². The highest BCUT2D eigenvalue weighted by Crippen LogP contribution is 2.28. The highest BCUT2D eigenvalue weighted by molar-refractivity contribution is 5.14. The molecule has 152 valence electrons. The average molecular weight is 388 g/mol. The van der Waals surface area contributed by atoms with Crippen molar-refractivity contribution in [1.29, 1.82) is 0 Å². The number of ether oxygens (including phenoxy) is 5. The summed E-state index contributed by atoms with van der Waals surface area (Å²) in [4.78, 5) is 0. The summed E-state index contributed by atoms with van der Waals surface area (Å²) in [6.07, 6.45) is -3.35. The molecule has 0 radical (unpaired) electrons. The summed E-state index contributed by atoms with van der Waals surface area (Å²) in [6.45, 7) is 0.948. The lowest BCUT2D eigenvalue weighted by molar-refractivity contribution is -0.314.